The summed E-state index contributed by atoms with van der Waals surface area (Å²) in [5.41, 5.74) is 17.5. The molecule has 0 saturated carbocycles. The van der Waals surface area contributed by atoms with E-state index in [0.29, 0.717) is 5.69 Å². The van der Waals surface area contributed by atoms with Crippen LogP contribution in [0.15, 0.2) is 211 Å². The fourth-order valence-corrected chi connectivity index (χ4v) is 10.0. The number of anilines is 3. The summed E-state index contributed by atoms with van der Waals surface area (Å²) >= 11 is 0. The van der Waals surface area contributed by atoms with E-state index in [1.54, 1.807) is 0 Å². The van der Waals surface area contributed by atoms with Crippen LogP contribution < -0.4 is 4.90 Å². The molecule has 0 N–H and O–H groups in total. The molecule has 1 heterocycles. The fourth-order valence-electron chi connectivity index (χ4n) is 10.0. The lowest BCUT2D eigenvalue weighted by molar-refractivity contribution is 0.660. The highest BCUT2D eigenvalue weighted by molar-refractivity contribution is 6.28. The van der Waals surface area contributed by atoms with Crippen LogP contribution in [0.1, 0.15) is 25.0 Å². The van der Waals surface area contributed by atoms with Gasteiger partial charge in [-0.2, -0.15) is 0 Å². The van der Waals surface area contributed by atoms with E-state index in [0.717, 1.165) is 55.9 Å². The largest absolute Gasteiger partial charge is 0.455 e. The van der Waals surface area contributed by atoms with E-state index >= 15 is 0 Å². The Hall–Kier alpha value is -8.19. The van der Waals surface area contributed by atoms with Crippen LogP contribution in [0.2, 0.25) is 0 Å². The first-order valence-electron chi connectivity index (χ1n) is 21.5. The third-order valence-electron chi connectivity index (χ3n) is 13.3. The molecule has 1 aliphatic carbocycles. The Labute approximate surface area is 366 Å². The van der Waals surface area contributed by atoms with Gasteiger partial charge in [-0.05, 0) is 126 Å². The number of furan rings is 1. The van der Waals surface area contributed by atoms with Gasteiger partial charge in [0.25, 0.3) is 0 Å². The lowest BCUT2D eigenvalue weighted by Crippen LogP contribution is -2.16. The summed E-state index contributed by atoms with van der Waals surface area (Å²) in [4.78, 5) is 5.98. The molecule has 1 aromatic heterocycles. The molecule has 0 radical (unpaired) electrons. The summed E-state index contributed by atoms with van der Waals surface area (Å²) in [7, 11) is 0. The van der Waals surface area contributed by atoms with Crippen molar-refractivity contribution in [2.75, 3.05) is 4.90 Å². The van der Waals surface area contributed by atoms with E-state index < -0.39 is 0 Å². The third-order valence-corrected chi connectivity index (χ3v) is 13.3. The Morgan fingerprint density at radius 2 is 0.968 bits per heavy atom. The molecule has 0 unspecified atom stereocenters. The van der Waals surface area contributed by atoms with Crippen molar-refractivity contribution in [3.05, 3.63) is 229 Å². The molecule has 3 heteroatoms. The molecule has 0 saturated heterocycles. The van der Waals surface area contributed by atoms with Crippen LogP contribution in [-0.2, 0) is 5.41 Å². The first kappa shape index (κ1) is 36.6. The second-order valence-electron chi connectivity index (χ2n) is 17.2. The standard InChI is InChI=1S/C60H40N2O/c1-60(2)54-36-43(38-11-5-4-6-12-38)23-32-51(54)52-33-31-48(37-55(52)60)62(47-29-25-45(61-3)26-30-47)46-27-21-40(22-28-46)39-17-19-42(20-18-39)53-35-44-14-8-10-16-50(44)58-57-49-15-9-7-13-41(49)24-34-56(57)63-59(53)58/h4-37H,1-2H3. The monoisotopic (exact) mass is 804 g/mol. The quantitative estimate of drug-likeness (QED) is 0.156. The average molecular weight is 805 g/mol. The van der Waals surface area contributed by atoms with Gasteiger partial charge in [-0.1, -0.05) is 166 Å². The van der Waals surface area contributed by atoms with Gasteiger partial charge in [-0.15, -0.1) is 0 Å². The lowest BCUT2D eigenvalue weighted by atomic mass is 9.81. The molecule has 0 fully saturated rings. The molecular formula is C60H40N2O. The number of hydrogen-bond donors (Lipinski definition) is 0. The van der Waals surface area contributed by atoms with Gasteiger partial charge in [-0.25, -0.2) is 4.85 Å². The highest BCUT2D eigenvalue weighted by Gasteiger charge is 2.36. The van der Waals surface area contributed by atoms with E-state index in [1.807, 2.05) is 24.3 Å². The molecule has 296 valence electrons. The zero-order valence-electron chi connectivity index (χ0n) is 34.9. The lowest BCUT2D eigenvalue weighted by Gasteiger charge is -2.28. The maximum Gasteiger partial charge on any atom is 0.187 e. The highest BCUT2D eigenvalue weighted by Crippen LogP contribution is 2.52. The summed E-state index contributed by atoms with van der Waals surface area (Å²) in [5, 5.41) is 7.13. The molecule has 3 nitrogen and oxygen atoms in total. The maximum absolute atomic E-state index is 7.60. The molecule has 1 aliphatic rings. The van der Waals surface area contributed by atoms with Crippen LogP contribution in [0.25, 0.3) is 92.8 Å². The molecular weight excluding hydrogens is 765 g/mol. The number of nitrogens with zero attached hydrogens (tertiary/aromatic N) is 2. The Kier molecular flexibility index (Phi) is 8.26. The average Bonchev–Trinajstić information content (AvgIpc) is 3.85. The summed E-state index contributed by atoms with van der Waals surface area (Å²) in [6.07, 6.45) is 0. The minimum absolute atomic E-state index is 0.196. The van der Waals surface area contributed by atoms with Crippen molar-refractivity contribution in [3.8, 4) is 44.5 Å². The summed E-state index contributed by atoms with van der Waals surface area (Å²) in [6.45, 7) is 12.3. The van der Waals surface area contributed by atoms with Gasteiger partial charge >= 0.3 is 0 Å². The first-order chi connectivity index (χ1) is 30.9. The molecule has 11 aromatic rings. The minimum atomic E-state index is -0.196. The van der Waals surface area contributed by atoms with Crippen molar-refractivity contribution >= 4 is 66.2 Å². The second-order valence-corrected chi connectivity index (χ2v) is 17.2. The summed E-state index contributed by atoms with van der Waals surface area (Å²) < 4.78 is 6.74. The number of benzene rings is 10. The smallest absolute Gasteiger partial charge is 0.187 e. The van der Waals surface area contributed by atoms with Gasteiger partial charge in [0.1, 0.15) is 11.2 Å². The molecule has 0 aliphatic heterocycles. The molecule has 10 aromatic carbocycles. The van der Waals surface area contributed by atoms with Crippen molar-refractivity contribution in [1.29, 1.82) is 0 Å². The molecule has 12 rings (SSSR count). The van der Waals surface area contributed by atoms with Gasteiger partial charge in [0.15, 0.2) is 5.69 Å². The molecule has 63 heavy (non-hydrogen) atoms. The molecule has 0 bridgehead atoms. The summed E-state index contributed by atoms with van der Waals surface area (Å²) in [5.74, 6) is 0. The van der Waals surface area contributed by atoms with Crippen LogP contribution in [0.3, 0.4) is 0 Å². The van der Waals surface area contributed by atoms with Gasteiger partial charge in [0, 0.05) is 38.8 Å². The van der Waals surface area contributed by atoms with Crippen LogP contribution in [0.4, 0.5) is 22.7 Å². The van der Waals surface area contributed by atoms with E-state index in [9.17, 15) is 0 Å². The zero-order valence-corrected chi connectivity index (χ0v) is 34.9. The van der Waals surface area contributed by atoms with Gasteiger partial charge in [-0.3, -0.25) is 0 Å². The molecule has 0 atom stereocenters. The Bertz CT molecular complexity index is 3630. The molecule has 0 spiro atoms. The van der Waals surface area contributed by atoms with E-state index in [4.69, 9.17) is 11.0 Å². The predicted octanol–water partition coefficient (Wildman–Crippen LogP) is 17.2. The minimum Gasteiger partial charge on any atom is -0.455 e. The topological polar surface area (TPSA) is 20.7 Å². The van der Waals surface area contributed by atoms with Gasteiger partial charge < -0.3 is 9.32 Å². The van der Waals surface area contributed by atoms with Crippen LogP contribution in [0.5, 0.6) is 0 Å². The van der Waals surface area contributed by atoms with Gasteiger partial charge in [0.2, 0.25) is 0 Å². The number of rotatable bonds is 6. The van der Waals surface area contributed by atoms with E-state index in [-0.39, 0.29) is 5.41 Å². The normalized spacial score (nSPS) is 12.7. The Morgan fingerprint density at radius 1 is 0.429 bits per heavy atom. The summed E-state index contributed by atoms with van der Waals surface area (Å²) in [6, 6.07) is 73.8. The first-order valence-corrected chi connectivity index (χ1v) is 21.5. The number of hydrogen-bond acceptors (Lipinski definition) is 2. The van der Waals surface area contributed by atoms with Crippen LogP contribution in [0, 0.1) is 6.57 Å². The maximum atomic E-state index is 7.60. The predicted molar refractivity (Wildman–Crippen MR) is 264 cm³/mol. The van der Waals surface area contributed by atoms with Crippen LogP contribution >= 0.6 is 0 Å². The molecule has 0 amide bonds. The fraction of sp³-hybridized carbons (Fsp3) is 0.0500. The van der Waals surface area contributed by atoms with Crippen molar-refractivity contribution in [2.24, 2.45) is 0 Å². The SMILES string of the molecule is [C-]#[N+]c1ccc(N(c2ccc(-c3ccc(-c4cc5ccccc5c5c4oc4ccc6ccccc6c45)cc3)cc2)c2ccc3c(c2)C(C)(C)c2cc(-c4ccccc4)ccc2-3)cc1. The van der Waals surface area contributed by atoms with Crippen molar-refractivity contribution in [3.63, 3.8) is 0 Å². The van der Waals surface area contributed by atoms with Crippen LogP contribution in [-0.4, -0.2) is 0 Å². The van der Waals surface area contributed by atoms with Gasteiger partial charge in [0.05, 0.1) is 6.57 Å². The number of fused-ring (bicyclic) bond motifs is 10. The second kappa shape index (κ2) is 14.2. The van der Waals surface area contributed by atoms with Crippen molar-refractivity contribution < 1.29 is 4.42 Å². The third kappa shape index (κ3) is 5.87. The Morgan fingerprint density at radius 3 is 1.68 bits per heavy atom. The van der Waals surface area contributed by atoms with E-state index in [1.165, 1.54) is 60.3 Å². The van der Waals surface area contributed by atoms with E-state index in [2.05, 4.69) is 206 Å². The Balaban J connectivity index is 0.907. The van der Waals surface area contributed by atoms with Crippen molar-refractivity contribution in [2.45, 2.75) is 19.3 Å². The highest BCUT2D eigenvalue weighted by atomic mass is 16.3. The van der Waals surface area contributed by atoms with Crippen molar-refractivity contribution in [1.82, 2.24) is 0 Å². The zero-order chi connectivity index (χ0) is 42.2.